The topological polar surface area (TPSA) is 69.6 Å². The van der Waals surface area contributed by atoms with Gasteiger partial charge in [0.1, 0.15) is 11.6 Å². The number of carbonyl (C=O) groups excluding carboxylic acids is 1. The van der Waals surface area contributed by atoms with Gasteiger partial charge in [0.05, 0.1) is 17.2 Å². The fourth-order valence-corrected chi connectivity index (χ4v) is 1.29. The van der Waals surface area contributed by atoms with E-state index >= 15 is 0 Å². The number of hydrogen-bond acceptors (Lipinski definition) is 3. The number of amides is 1. The maximum Gasteiger partial charge on any atom is 0.255 e. The number of aliphatic hydroxyl groups excluding tert-OH is 1. The second-order valence-electron chi connectivity index (χ2n) is 3.34. The number of hydrogen-bond donors (Lipinski definition) is 3. The maximum atomic E-state index is 13.0. The van der Waals surface area contributed by atoms with Crippen LogP contribution >= 0.6 is 11.6 Å². The first kappa shape index (κ1) is 12.7. The van der Waals surface area contributed by atoms with Gasteiger partial charge in [-0.1, -0.05) is 11.6 Å². The zero-order chi connectivity index (χ0) is 12.3. The van der Waals surface area contributed by atoms with Crippen molar-refractivity contribution in [2.24, 2.45) is 0 Å². The van der Waals surface area contributed by atoms with E-state index in [1.54, 1.807) is 6.92 Å². The minimum Gasteiger partial charge on any atom is -0.506 e. The minimum absolute atomic E-state index is 0.234. The first-order valence-electron chi connectivity index (χ1n) is 4.55. The molecule has 88 valence electrons. The SMILES string of the molecule is CC(CO)NC(=O)c1cc(F)cc(Cl)c1O. The summed E-state index contributed by atoms with van der Waals surface area (Å²) in [5, 5.41) is 20.3. The number of benzene rings is 1. The normalized spacial score (nSPS) is 12.2. The van der Waals surface area contributed by atoms with Crippen molar-refractivity contribution in [3.63, 3.8) is 0 Å². The molecule has 1 rings (SSSR count). The fourth-order valence-electron chi connectivity index (χ4n) is 1.09. The van der Waals surface area contributed by atoms with E-state index in [-0.39, 0.29) is 17.2 Å². The van der Waals surface area contributed by atoms with Crippen molar-refractivity contribution < 1.29 is 19.4 Å². The Balaban J connectivity index is 2.99. The van der Waals surface area contributed by atoms with Gasteiger partial charge >= 0.3 is 0 Å². The van der Waals surface area contributed by atoms with Crippen LogP contribution in [0.2, 0.25) is 5.02 Å². The second-order valence-corrected chi connectivity index (χ2v) is 3.75. The molecule has 0 aliphatic heterocycles. The molecule has 3 N–H and O–H groups in total. The van der Waals surface area contributed by atoms with Crippen molar-refractivity contribution in [2.75, 3.05) is 6.61 Å². The van der Waals surface area contributed by atoms with Crippen LogP contribution < -0.4 is 5.32 Å². The molecular weight excluding hydrogens is 237 g/mol. The predicted molar refractivity (Wildman–Crippen MR) is 57.1 cm³/mol. The molecule has 1 aromatic carbocycles. The van der Waals surface area contributed by atoms with Gasteiger partial charge in [-0.3, -0.25) is 4.79 Å². The van der Waals surface area contributed by atoms with Gasteiger partial charge in [0.25, 0.3) is 5.91 Å². The number of aromatic hydroxyl groups is 1. The van der Waals surface area contributed by atoms with Gasteiger partial charge in [0, 0.05) is 6.04 Å². The van der Waals surface area contributed by atoms with Crippen LogP contribution in [0, 0.1) is 5.82 Å². The molecule has 16 heavy (non-hydrogen) atoms. The van der Waals surface area contributed by atoms with Gasteiger partial charge in [0.2, 0.25) is 0 Å². The summed E-state index contributed by atoms with van der Waals surface area (Å²) in [4.78, 5) is 11.5. The Hall–Kier alpha value is -1.33. The Morgan fingerprint density at radius 1 is 1.62 bits per heavy atom. The summed E-state index contributed by atoms with van der Waals surface area (Å²) in [6.07, 6.45) is 0. The summed E-state index contributed by atoms with van der Waals surface area (Å²) in [5.41, 5.74) is -0.259. The zero-order valence-electron chi connectivity index (χ0n) is 8.50. The van der Waals surface area contributed by atoms with Gasteiger partial charge in [-0.2, -0.15) is 0 Å². The van der Waals surface area contributed by atoms with E-state index in [9.17, 15) is 14.3 Å². The fraction of sp³-hybridized carbons (Fsp3) is 0.300. The van der Waals surface area contributed by atoms with Gasteiger partial charge in [0.15, 0.2) is 0 Å². The smallest absolute Gasteiger partial charge is 0.255 e. The molecule has 4 nitrogen and oxygen atoms in total. The van der Waals surface area contributed by atoms with E-state index in [0.717, 1.165) is 12.1 Å². The highest BCUT2D eigenvalue weighted by Gasteiger charge is 2.17. The molecule has 1 aromatic rings. The number of rotatable bonds is 3. The molecule has 0 fully saturated rings. The number of phenols is 1. The Labute approximate surface area is 96.7 Å². The van der Waals surface area contributed by atoms with Crippen LogP contribution in [0.15, 0.2) is 12.1 Å². The summed E-state index contributed by atoms with van der Waals surface area (Å²) >= 11 is 5.51. The average Bonchev–Trinajstić information content (AvgIpc) is 2.22. The summed E-state index contributed by atoms with van der Waals surface area (Å²) in [6, 6.07) is 1.29. The highest BCUT2D eigenvalue weighted by molar-refractivity contribution is 6.32. The summed E-state index contributed by atoms with van der Waals surface area (Å²) in [6.45, 7) is 1.31. The molecule has 0 radical (unpaired) electrons. The molecule has 1 unspecified atom stereocenters. The average molecular weight is 248 g/mol. The molecule has 0 heterocycles. The highest BCUT2D eigenvalue weighted by Crippen LogP contribution is 2.28. The minimum atomic E-state index is -0.718. The van der Waals surface area contributed by atoms with Gasteiger partial charge in [-0.25, -0.2) is 4.39 Å². The van der Waals surface area contributed by atoms with Crippen LogP contribution in [-0.4, -0.2) is 28.8 Å². The van der Waals surface area contributed by atoms with Crippen molar-refractivity contribution in [3.8, 4) is 5.75 Å². The lowest BCUT2D eigenvalue weighted by Gasteiger charge is -2.12. The van der Waals surface area contributed by atoms with Crippen molar-refractivity contribution in [2.45, 2.75) is 13.0 Å². The molecule has 0 aromatic heterocycles. The Morgan fingerprint density at radius 2 is 2.25 bits per heavy atom. The number of nitrogens with one attached hydrogen (secondary N) is 1. The lowest BCUT2D eigenvalue weighted by Crippen LogP contribution is -2.35. The van der Waals surface area contributed by atoms with Crippen LogP contribution in [-0.2, 0) is 0 Å². The molecule has 0 spiro atoms. The molecule has 0 saturated carbocycles. The third-order valence-electron chi connectivity index (χ3n) is 1.92. The number of halogens is 2. The van der Waals surface area contributed by atoms with E-state index < -0.39 is 23.5 Å². The van der Waals surface area contributed by atoms with Gasteiger partial charge in [-0.15, -0.1) is 0 Å². The lowest BCUT2D eigenvalue weighted by atomic mass is 10.1. The van der Waals surface area contributed by atoms with Crippen LogP contribution in [0.4, 0.5) is 4.39 Å². The zero-order valence-corrected chi connectivity index (χ0v) is 9.25. The van der Waals surface area contributed by atoms with Crippen molar-refractivity contribution in [1.29, 1.82) is 0 Å². The Morgan fingerprint density at radius 3 is 2.81 bits per heavy atom. The second kappa shape index (κ2) is 5.14. The first-order chi connectivity index (χ1) is 7.45. The van der Waals surface area contributed by atoms with E-state index in [1.807, 2.05) is 0 Å². The largest absolute Gasteiger partial charge is 0.506 e. The number of carbonyl (C=O) groups is 1. The first-order valence-corrected chi connectivity index (χ1v) is 4.93. The maximum absolute atomic E-state index is 13.0. The quantitative estimate of drug-likeness (QED) is 0.754. The van der Waals surface area contributed by atoms with Crippen molar-refractivity contribution >= 4 is 17.5 Å². The summed E-state index contributed by atoms with van der Waals surface area (Å²) < 4.78 is 13.0. The van der Waals surface area contributed by atoms with Crippen LogP contribution in [0.3, 0.4) is 0 Å². The van der Waals surface area contributed by atoms with E-state index in [0.29, 0.717) is 0 Å². The van der Waals surface area contributed by atoms with Crippen molar-refractivity contribution in [3.05, 3.63) is 28.5 Å². The van der Waals surface area contributed by atoms with Crippen molar-refractivity contribution in [1.82, 2.24) is 5.32 Å². The monoisotopic (exact) mass is 247 g/mol. The Bertz CT molecular complexity index is 411. The number of aliphatic hydroxyl groups is 1. The standard InChI is InChI=1S/C10H11ClFNO3/c1-5(4-14)13-10(16)7-2-6(12)3-8(11)9(7)15/h2-3,5,14-15H,4H2,1H3,(H,13,16). The molecule has 0 bridgehead atoms. The van der Waals surface area contributed by atoms with E-state index in [4.69, 9.17) is 16.7 Å². The molecular formula is C10H11ClFNO3. The van der Waals surface area contributed by atoms with Gasteiger partial charge in [-0.05, 0) is 19.1 Å². The van der Waals surface area contributed by atoms with E-state index in [2.05, 4.69) is 5.32 Å². The van der Waals surface area contributed by atoms with Crippen LogP contribution in [0.1, 0.15) is 17.3 Å². The molecule has 1 atom stereocenters. The number of phenolic OH excluding ortho intramolecular Hbond substituents is 1. The third-order valence-corrected chi connectivity index (χ3v) is 2.21. The highest BCUT2D eigenvalue weighted by atomic mass is 35.5. The molecule has 0 aliphatic carbocycles. The summed E-state index contributed by atoms with van der Waals surface area (Å²) in [7, 11) is 0. The lowest BCUT2D eigenvalue weighted by molar-refractivity contribution is 0.0919. The molecule has 6 heteroatoms. The van der Waals surface area contributed by atoms with Gasteiger partial charge < -0.3 is 15.5 Å². The molecule has 0 saturated heterocycles. The molecule has 1 amide bonds. The Kier molecular flexibility index (Phi) is 4.09. The van der Waals surface area contributed by atoms with Crippen LogP contribution in [0.5, 0.6) is 5.75 Å². The van der Waals surface area contributed by atoms with E-state index in [1.165, 1.54) is 0 Å². The predicted octanol–water partition coefficient (Wildman–Crippen LogP) is 1.30. The van der Waals surface area contributed by atoms with Crippen LogP contribution in [0.25, 0.3) is 0 Å². The summed E-state index contributed by atoms with van der Waals surface area (Å²) in [5.74, 6) is -1.89. The third kappa shape index (κ3) is 2.84. The molecule has 0 aliphatic rings.